The van der Waals surface area contributed by atoms with E-state index in [1.807, 2.05) is 0 Å². The number of aromatic nitrogens is 2. The van der Waals surface area contributed by atoms with Crippen LogP contribution in [0, 0.1) is 0 Å². The molecule has 208 valence electrons. The number of nitrogens with one attached hydrogen (secondary N) is 1. The van der Waals surface area contributed by atoms with Gasteiger partial charge in [-0.05, 0) is 30.9 Å². The minimum atomic E-state index is 0.0154. The van der Waals surface area contributed by atoms with Crippen LogP contribution in [-0.4, -0.2) is 4.98 Å². The van der Waals surface area contributed by atoms with Crippen LogP contribution < -0.4 is 4.57 Å². The number of H-pyrrole nitrogens is 1. The Kier molecular flexibility index (Phi) is 13.7. The summed E-state index contributed by atoms with van der Waals surface area (Å²) in [5.74, 6) is 1.82. The number of rotatable bonds is 20. The molecule has 2 aromatic carbocycles. The standard InChI is InChI=1S/C36H54N2/c1-4-6-7-8-9-10-11-12-13-14-15-16-23-28-34(35-37-29-30-38(35)5-2)36(3,33-26-21-18-22-27-33)31-32-24-19-17-20-25-32/h17-22,24-27,29-30,34H,4-16,23,28,31H2,1-3H3/p+1. The monoisotopic (exact) mass is 515 g/mol. The number of aromatic amines is 1. The molecule has 0 saturated heterocycles. The molecular formula is C36H55N2+. The van der Waals surface area contributed by atoms with Gasteiger partial charge in [-0.25, -0.2) is 9.55 Å². The van der Waals surface area contributed by atoms with Crippen LogP contribution in [0.1, 0.15) is 134 Å². The Morgan fingerprint density at radius 3 is 1.76 bits per heavy atom. The van der Waals surface area contributed by atoms with Crippen LogP contribution in [0.5, 0.6) is 0 Å². The van der Waals surface area contributed by atoms with Gasteiger partial charge >= 0.3 is 0 Å². The predicted octanol–water partition coefficient (Wildman–Crippen LogP) is 10.1. The lowest BCUT2D eigenvalue weighted by Gasteiger charge is -2.37. The fraction of sp³-hybridized carbons (Fsp3) is 0.583. The summed E-state index contributed by atoms with van der Waals surface area (Å²) in [6.07, 6.45) is 24.9. The highest BCUT2D eigenvalue weighted by molar-refractivity contribution is 5.32. The van der Waals surface area contributed by atoms with Gasteiger partial charge in [0.25, 0.3) is 5.82 Å². The molecule has 0 spiro atoms. The van der Waals surface area contributed by atoms with E-state index in [4.69, 9.17) is 0 Å². The summed E-state index contributed by atoms with van der Waals surface area (Å²) < 4.78 is 2.43. The van der Waals surface area contributed by atoms with Gasteiger partial charge in [0.2, 0.25) is 0 Å². The van der Waals surface area contributed by atoms with Crippen molar-refractivity contribution < 1.29 is 4.57 Å². The minimum Gasteiger partial charge on any atom is -0.247 e. The molecule has 3 aromatic rings. The Morgan fingerprint density at radius 2 is 1.21 bits per heavy atom. The molecule has 2 heteroatoms. The lowest BCUT2D eigenvalue weighted by atomic mass is 9.66. The van der Waals surface area contributed by atoms with Crippen LogP contribution >= 0.6 is 0 Å². The second-order valence-corrected chi connectivity index (χ2v) is 11.7. The maximum absolute atomic E-state index is 3.68. The number of hydrogen-bond donors (Lipinski definition) is 1. The fourth-order valence-corrected chi connectivity index (χ4v) is 6.34. The smallest absolute Gasteiger partial charge is 0.247 e. The zero-order valence-corrected chi connectivity index (χ0v) is 24.8. The normalized spacial score (nSPS) is 13.9. The molecule has 0 bridgehead atoms. The number of imidazole rings is 1. The second-order valence-electron chi connectivity index (χ2n) is 11.7. The molecule has 0 saturated carbocycles. The van der Waals surface area contributed by atoms with Crippen LogP contribution in [0.25, 0.3) is 0 Å². The number of benzene rings is 2. The van der Waals surface area contributed by atoms with Crippen molar-refractivity contribution in [1.82, 2.24) is 4.98 Å². The quantitative estimate of drug-likeness (QED) is 0.114. The zero-order valence-electron chi connectivity index (χ0n) is 24.8. The molecule has 1 aromatic heterocycles. The van der Waals surface area contributed by atoms with Crippen molar-refractivity contribution in [2.24, 2.45) is 0 Å². The molecule has 0 amide bonds. The molecule has 38 heavy (non-hydrogen) atoms. The molecule has 1 heterocycles. The molecule has 0 aliphatic heterocycles. The highest BCUT2D eigenvalue weighted by Crippen LogP contribution is 2.43. The summed E-state index contributed by atoms with van der Waals surface area (Å²) in [7, 11) is 0. The average molecular weight is 516 g/mol. The first-order valence-corrected chi connectivity index (χ1v) is 15.8. The Hall–Kier alpha value is -2.35. The van der Waals surface area contributed by atoms with Gasteiger partial charge in [-0.1, -0.05) is 158 Å². The largest absolute Gasteiger partial charge is 0.258 e. The third kappa shape index (κ3) is 9.44. The summed E-state index contributed by atoms with van der Waals surface area (Å²) in [6, 6.07) is 22.4. The van der Waals surface area contributed by atoms with E-state index in [-0.39, 0.29) is 5.41 Å². The first-order valence-electron chi connectivity index (χ1n) is 15.8. The maximum Gasteiger partial charge on any atom is 0.258 e. The fourth-order valence-electron chi connectivity index (χ4n) is 6.34. The van der Waals surface area contributed by atoms with Crippen LogP contribution in [0.4, 0.5) is 0 Å². The van der Waals surface area contributed by atoms with Crippen molar-refractivity contribution in [1.29, 1.82) is 0 Å². The van der Waals surface area contributed by atoms with Crippen LogP contribution in [0.3, 0.4) is 0 Å². The lowest BCUT2D eigenvalue weighted by Crippen LogP contribution is -2.43. The summed E-state index contributed by atoms with van der Waals surface area (Å²) in [6.45, 7) is 8.07. The Morgan fingerprint density at radius 1 is 0.684 bits per heavy atom. The molecular weight excluding hydrogens is 460 g/mol. The Balaban J connectivity index is 1.59. The first-order chi connectivity index (χ1) is 18.7. The zero-order chi connectivity index (χ0) is 26.9. The number of hydrogen-bond acceptors (Lipinski definition) is 0. The molecule has 0 aliphatic rings. The first kappa shape index (κ1) is 30.2. The summed E-state index contributed by atoms with van der Waals surface area (Å²) in [5, 5.41) is 0. The van der Waals surface area contributed by atoms with Gasteiger partial charge in [0, 0.05) is 5.41 Å². The van der Waals surface area contributed by atoms with E-state index in [2.05, 4.69) is 103 Å². The third-order valence-electron chi connectivity index (χ3n) is 8.68. The molecule has 2 atom stereocenters. The highest BCUT2D eigenvalue weighted by Gasteiger charge is 2.41. The molecule has 0 radical (unpaired) electrons. The van der Waals surface area contributed by atoms with E-state index in [0.717, 1.165) is 13.0 Å². The number of nitrogens with zero attached hydrogens (tertiary/aromatic N) is 1. The van der Waals surface area contributed by atoms with Gasteiger partial charge in [-0.15, -0.1) is 0 Å². The van der Waals surface area contributed by atoms with Gasteiger partial charge in [-0.2, -0.15) is 0 Å². The van der Waals surface area contributed by atoms with Crippen LogP contribution in [0.15, 0.2) is 73.1 Å². The predicted molar refractivity (Wildman–Crippen MR) is 164 cm³/mol. The minimum absolute atomic E-state index is 0.0154. The van der Waals surface area contributed by atoms with E-state index in [9.17, 15) is 0 Å². The van der Waals surface area contributed by atoms with Gasteiger partial charge < -0.3 is 0 Å². The van der Waals surface area contributed by atoms with E-state index >= 15 is 0 Å². The number of aryl methyl sites for hydroxylation is 1. The SMILES string of the molecule is CCCCCCCCCCCCCCCC(c1[nH]cc[n+]1CC)C(C)(Cc1ccccc1)c1ccccc1. The van der Waals surface area contributed by atoms with Crippen molar-refractivity contribution >= 4 is 0 Å². The van der Waals surface area contributed by atoms with E-state index < -0.39 is 0 Å². The molecule has 0 aliphatic carbocycles. The summed E-state index contributed by atoms with van der Waals surface area (Å²) in [5.41, 5.74) is 2.88. The molecule has 1 N–H and O–H groups in total. The highest BCUT2D eigenvalue weighted by atomic mass is 15.1. The van der Waals surface area contributed by atoms with E-state index in [1.54, 1.807) is 0 Å². The van der Waals surface area contributed by atoms with Gasteiger partial charge in [-0.3, -0.25) is 0 Å². The lowest BCUT2D eigenvalue weighted by molar-refractivity contribution is -0.701. The topological polar surface area (TPSA) is 19.7 Å². The molecule has 3 rings (SSSR count). The third-order valence-corrected chi connectivity index (χ3v) is 8.68. The van der Waals surface area contributed by atoms with Crippen molar-refractivity contribution in [3.8, 4) is 0 Å². The average Bonchev–Trinajstić information content (AvgIpc) is 3.42. The van der Waals surface area contributed by atoms with Crippen molar-refractivity contribution in [2.45, 2.75) is 135 Å². The van der Waals surface area contributed by atoms with Crippen molar-refractivity contribution in [3.63, 3.8) is 0 Å². The molecule has 2 unspecified atom stereocenters. The van der Waals surface area contributed by atoms with Crippen LogP contribution in [0.2, 0.25) is 0 Å². The molecule has 0 fully saturated rings. The Bertz CT molecular complexity index is 977. The molecule has 2 nitrogen and oxygen atoms in total. The summed E-state index contributed by atoms with van der Waals surface area (Å²) in [4.78, 5) is 3.68. The van der Waals surface area contributed by atoms with Gasteiger partial charge in [0.15, 0.2) is 0 Å². The Labute approximate surface area is 234 Å². The number of unbranched alkanes of at least 4 members (excludes halogenated alkanes) is 12. The van der Waals surface area contributed by atoms with Gasteiger partial charge in [0.05, 0.1) is 12.5 Å². The van der Waals surface area contributed by atoms with Gasteiger partial charge in [0.1, 0.15) is 12.4 Å². The van der Waals surface area contributed by atoms with Crippen molar-refractivity contribution in [3.05, 3.63) is 90.0 Å². The maximum atomic E-state index is 3.68. The van der Waals surface area contributed by atoms with Crippen molar-refractivity contribution in [2.75, 3.05) is 0 Å². The second kappa shape index (κ2) is 17.3. The van der Waals surface area contributed by atoms with E-state index in [1.165, 1.54) is 107 Å². The van der Waals surface area contributed by atoms with Crippen LogP contribution in [-0.2, 0) is 18.4 Å². The summed E-state index contributed by atoms with van der Waals surface area (Å²) >= 11 is 0. The van der Waals surface area contributed by atoms with E-state index in [0.29, 0.717) is 5.92 Å².